The minimum atomic E-state index is -0.0986. The second kappa shape index (κ2) is 4.07. The minimum absolute atomic E-state index is 0.00396. The Hall–Kier alpha value is -0.600. The number of rotatable bonds is 5. The summed E-state index contributed by atoms with van der Waals surface area (Å²) in [7, 11) is 0. The highest BCUT2D eigenvalue weighted by Gasteiger charge is 2.42. The molecule has 0 radical (unpaired) electrons. The molecule has 0 N–H and O–H groups in total. The van der Waals surface area contributed by atoms with Crippen LogP contribution in [0.5, 0.6) is 0 Å². The van der Waals surface area contributed by atoms with Crippen molar-refractivity contribution in [2.75, 3.05) is 0 Å². The van der Waals surface area contributed by atoms with E-state index in [9.17, 15) is 0 Å². The Morgan fingerprint density at radius 2 is 1.69 bits per heavy atom. The molecule has 0 bridgehead atoms. The van der Waals surface area contributed by atoms with Gasteiger partial charge in [0, 0.05) is 5.41 Å². The van der Waals surface area contributed by atoms with Crippen molar-refractivity contribution < 1.29 is 9.47 Å². The van der Waals surface area contributed by atoms with E-state index in [0.29, 0.717) is 0 Å². The van der Waals surface area contributed by atoms with Gasteiger partial charge in [0.25, 0.3) is 0 Å². The molecule has 13 heavy (non-hydrogen) atoms. The molecule has 0 aromatic carbocycles. The van der Waals surface area contributed by atoms with Crippen molar-refractivity contribution in [3.63, 3.8) is 0 Å². The number of ether oxygens (including phenoxy) is 2. The SMILES string of the molecule is C=CCC(C)(CC=C)C1OC(C)O1. The Kier molecular flexibility index (Phi) is 3.28. The van der Waals surface area contributed by atoms with Crippen LogP contribution in [-0.4, -0.2) is 12.6 Å². The van der Waals surface area contributed by atoms with Gasteiger partial charge in [-0.2, -0.15) is 0 Å². The monoisotopic (exact) mass is 182 g/mol. The van der Waals surface area contributed by atoms with Gasteiger partial charge in [-0.1, -0.05) is 19.1 Å². The maximum Gasteiger partial charge on any atom is 0.169 e. The highest BCUT2D eigenvalue weighted by atomic mass is 16.9. The molecule has 74 valence electrons. The highest BCUT2D eigenvalue weighted by molar-refractivity contribution is 4.92. The van der Waals surface area contributed by atoms with E-state index < -0.39 is 0 Å². The van der Waals surface area contributed by atoms with Gasteiger partial charge in [-0.25, -0.2) is 0 Å². The lowest BCUT2D eigenvalue weighted by Gasteiger charge is -2.45. The van der Waals surface area contributed by atoms with Crippen LogP contribution in [0.15, 0.2) is 25.3 Å². The van der Waals surface area contributed by atoms with Gasteiger partial charge in [0.2, 0.25) is 0 Å². The predicted octanol–water partition coefficient (Wildman–Crippen LogP) is 2.86. The van der Waals surface area contributed by atoms with Gasteiger partial charge in [0.15, 0.2) is 12.6 Å². The summed E-state index contributed by atoms with van der Waals surface area (Å²) in [5.41, 5.74) is -0.00396. The van der Waals surface area contributed by atoms with Gasteiger partial charge in [-0.15, -0.1) is 13.2 Å². The first-order valence-electron chi connectivity index (χ1n) is 4.65. The lowest BCUT2D eigenvalue weighted by Crippen LogP contribution is -2.49. The first kappa shape index (κ1) is 10.5. The van der Waals surface area contributed by atoms with E-state index >= 15 is 0 Å². The molecule has 0 aromatic rings. The number of hydrogen-bond donors (Lipinski definition) is 0. The molecule has 1 aliphatic heterocycles. The Morgan fingerprint density at radius 1 is 1.23 bits per heavy atom. The normalized spacial score (nSPS) is 27.8. The topological polar surface area (TPSA) is 18.5 Å². The van der Waals surface area contributed by atoms with Crippen LogP contribution < -0.4 is 0 Å². The lowest BCUT2D eigenvalue weighted by molar-refractivity contribution is -0.408. The first-order chi connectivity index (χ1) is 6.12. The minimum Gasteiger partial charge on any atom is -0.323 e. The van der Waals surface area contributed by atoms with Crippen molar-refractivity contribution in [2.45, 2.75) is 39.3 Å². The third-order valence-electron chi connectivity index (χ3n) is 2.42. The van der Waals surface area contributed by atoms with E-state index in [2.05, 4.69) is 20.1 Å². The molecule has 0 saturated carbocycles. The van der Waals surface area contributed by atoms with Crippen molar-refractivity contribution in [1.29, 1.82) is 0 Å². The molecule has 0 spiro atoms. The number of hydrogen-bond acceptors (Lipinski definition) is 2. The van der Waals surface area contributed by atoms with Crippen LogP contribution in [0.4, 0.5) is 0 Å². The highest BCUT2D eigenvalue weighted by Crippen LogP contribution is 2.39. The summed E-state index contributed by atoms with van der Waals surface area (Å²) in [6.07, 6.45) is 5.42. The third kappa shape index (κ3) is 2.20. The molecular formula is C11H18O2. The molecule has 1 fully saturated rings. The molecule has 0 aromatic heterocycles. The Morgan fingerprint density at radius 3 is 2.00 bits per heavy atom. The van der Waals surface area contributed by atoms with Crippen LogP contribution in [-0.2, 0) is 9.47 Å². The lowest BCUT2D eigenvalue weighted by atomic mass is 9.82. The molecule has 1 aliphatic rings. The van der Waals surface area contributed by atoms with E-state index in [-0.39, 0.29) is 18.0 Å². The van der Waals surface area contributed by atoms with Crippen LogP contribution in [0.2, 0.25) is 0 Å². The Labute approximate surface area is 80.2 Å². The van der Waals surface area contributed by atoms with Gasteiger partial charge in [-0.05, 0) is 19.8 Å². The third-order valence-corrected chi connectivity index (χ3v) is 2.42. The van der Waals surface area contributed by atoms with Crippen LogP contribution in [0.3, 0.4) is 0 Å². The van der Waals surface area contributed by atoms with Gasteiger partial charge < -0.3 is 9.47 Å². The van der Waals surface area contributed by atoms with Crippen molar-refractivity contribution in [3.8, 4) is 0 Å². The second-order valence-electron chi connectivity index (χ2n) is 3.81. The fourth-order valence-corrected chi connectivity index (χ4v) is 1.62. The summed E-state index contributed by atoms with van der Waals surface area (Å²) in [6.45, 7) is 11.5. The molecule has 1 saturated heterocycles. The van der Waals surface area contributed by atoms with Crippen LogP contribution >= 0.6 is 0 Å². The average Bonchev–Trinajstić information content (AvgIpc) is 2.00. The molecular weight excluding hydrogens is 164 g/mol. The standard InChI is InChI=1S/C11H18O2/c1-5-7-11(4,8-6-2)10-12-9(3)13-10/h5-6,9-10H,1-2,7-8H2,3-4H3. The first-order valence-corrected chi connectivity index (χ1v) is 4.65. The van der Waals surface area contributed by atoms with E-state index in [1.807, 2.05) is 19.1 Å². The largest absolute Gasteiger partial charge is 0.323 e. The molecule has 1 heterocycles. The van der Waals surface area contributed by atoms with E-state index in [1.165, 1.54) is 0 Å². The molecule has 0 atom stereocenters. The fourth-order valence-electron chi connectivity index (χ4n) is 1.62. The van der Waals surface area contributed by atoms with Gasteiger partial charge >= 0.3 is 0 Å². The summed E-state index contributed by atoms with van der Waals surface area (Å²) in [5, 5.41) is 0. The van der Waals surface area contributed by atoms with Gasteiger partial charge in [0.1, 0.15) is 0 Å². The molecule has 1 rings (SSSR count). The zero-order valence-corrected chi connectivity index (χ0v) is 8.45. The predicted molar refractivity (Wildman–Crippen MR) is 53.2 cm³/mol. The van der Waals surface area contributed by atoms with Crippen LogP contribution in [0.25, 0.3) is 0 Å². The molecule has 0 unspecified atom stereocenters. The zero-order valence-electron chi connectivity index (χ0n) is 8.45. The summed E-state index contributed by atoms with van der Waals surface area (Å²) in [4.78, 5) is 0. The summed E-state index contributed by atoms with van der Waals surface area (Å²) < 4.78 is 11.0. The Balaban J connectivity index is 2.55. The Bertz CT molecular complexity index is 182. The van der Waals surface area contributed by atoms with Crippen LogP contribution in [0.1, 0.15) is 26.7 Å². The summed E-state index contributed by atoms with van der Waals surface area (Å²) >= 11 is 0. The van der Waals surface area contributed by atoms with Crippen molar-refractivity contribution in [3.05, 3.63) is 25.3 Å². The fraction of sp³-hybridized carbons (Fsp3) is 0.636. The van der Waals surface area contributed by atoms with E-state index in [1.54, 1.807) is 0 Å². The van der Waals surface area contributed by atoms with Gasteiger partial charge in [0.05, 0.1) is 0 Å². The van der Waals surface area contributed by atoms with E-state index in [0.717, 1.165) is 12.8 Å². The maximum atomic E-state index is 5.49. The van der Waals surface area contributed by atoms with Crippen molar-refractivity contribution in [2.24, 2.45) is 5.41 Å². The van der Waals surface area contributed by atoms with E-state index in [4.69, 9.17) is 9.47 Å². The van der Waals surface area contributed by atoms with Crippen LogP contribution in [0, 0.1) is 5.41 Å². The van der Waals surface area contributed by atoms with Crippen molar-refractivity contribution in [1.82, 2.24) is 0 Å². The smallest absolute Gasteiger partial charge is 0.169 e. The average molecular weight is 182 g/mol. The number of allylic oxidation sites excluding steroid dienone is 2. The molecule has 0 amide bonds. The molecule has 2 nitrogen and oxygen atoms in total. The molecule has 2 heteroatoms. The summed E-state index contributed by atoms with van der Waals surface area (Å²) in [6, 6.07) is 0. The van der Waals surface area contributed by atoms with Gasteiger partial charge in [-0.3, -0.25) is 0 Å². The second-order valence-corrected chi connectivity index (χ2v) is 3.81. The van der Waals surface area contributed by atoms with Crippen molar-refractivity contribution >= 4 is 0 Å². The maximum absolute atomic E-state index is 5.49. The zero-order chi connectivity index (χ0) is 9.90. The quantitative estimate of drug-likeness (QED) is 0.609. The molecule has 0 aliphatic carbocycles. The summed E-state index contributed by atoms with van der Waals surface area (Å²) in [5.74, 6) is 0.